The van der Waals surface area contributed by atoms with Gasteiger partial charge in [-0.1, -0.05) is 42.9 Å². The molecule has 3 saturated carbocycles. The predicted octanol–water partition coefficient (Wildman–Crippen LogP) is 5.81. The van der Waals surface area contributed by atoms with Crippen LogP contribution in [-0.4, -0.2) is 34.3 Å². The molecule has 8 nitrogen and oxygen atoms in total. The highest BCUT2D eigenvalue weighted by molar-refractivity contribution is 7.89. The van der Waals surface area contributed by atoms with E-state index in [0.29, 0.717) is 34.6 Å². The van der Waals surface area contributed by atoms with Gasteiger partial charge in [0.2, 0.25) is 15.2 Å². The molecule has 0 aliphatic heterocycles. The maximum absolute atomic E-state index is 14.9. The number of carbonyl (C=O) groups is 1. The highest BCUT2D eigenvalue weighted by atomic mass is 32.2. The molecule has 44 heavy (non-hydrogen) atoms. The first-order valence-corrected chi connectivity index (χ1v) is 17.3. The third-order valence-electron chi connectivity index (χ3n) is 8.76. The average molecular weight is 631 g/mol. The Morgan fingerprint density at radius 3 is 2.66 bits per heavy atom. The Kier molecular flexibility index (Phi) is 7.39. The van der Waals surface area contributed by atoms with E-state index in [2.05, 4.69) is 16.8 Å². The SMILES string of the molecule is NS(=O)(=O)c1ccc(Cc2c(-c3cccc(C#CC4CC4C4CC4)c3)nn(-c3nc(C(=O)O)cs3)c2CCC2CC2)cc1F. The van der Waals surface area contributed by atoms with Crippen LogP contribution < -0.4 is 5.14 Å². The molecule has 3 N–H and O–H groups in total. The van der Waals surface area contributed by atoms with E-state index in [4.69, 9.17) is 10.2 Å². The Morgan fingerprint density at radius 1 is 1.16 bits per heavy atom. The lowest BCUT2D eigenvalue weighted by molar-refractivity contribution is 0.0691. The Hall–Kier alpha value is -3.85. The molecule has 226 valence electrons. The molecule has 2 aromatic heterocycles. The van der Waals surface area contributed by atoms with Crippen LogP contribution in [0.2, 0.25) is 0 Å². The molecule has 2 aromatic carbocycles. The van der Waals surface area contributed by atoms with E-state index in [0.717, 1.165) is 40.6 Å². The number of aromatic nitrogens is 3. The largest absolute Gasteiger partial charge is 0.476 e. The third kappa shape index (κ3) is 6.20. The molecule has 3 fully saturated rings. The summed E-state index contributed by atoms with van der Waals surface area (Å²) in [6.07, 6.45) is 8.06. The van der Waals surface area contributed by atoms with Gasteiger partial charge < -0.3 is 5.11 Å². The van der Waals surface area contributed by atoms with Crippen molar-refractivity contribution in [2.24, 2.45) is 28.8 Å². The summed E-state index contributed by atoms with van der Waals surface area (Å²) in [7, 11) is -4.21. The summed E-state index contributed by atoms with van der Waals surface area (Å²) in [5, 5.41) is 21.7. The molecule has 7 rings (SSSR count). The first kappa shape index (κ1) is 28.9. The van der Waals surface area contributed by atoms with E-state index < -0.39 is 26.7 Å². The predicted molar refractivity (Wildman–Crippen MR) is 164 cm³/mol. The number of aromatic carboxylic acids is 1. The molecular formula is C33H31FN4O4S2. The smallest absolute Gasteiger partial charge is 0.355 e. The molecular weight excluding hydrogens is 600 g/mol. The van der Waals surface area contributed by atoms with Crippen molar-refractivity contribution in [1.29, 1.82) is 0 Å². The van der Waals surface area contributed by atoms with E-state index in [1.54, 1.807) is 10.7 Å². The van der Waals surface area contributed by atoms with Gasteiger partial charge in [-0.3, -0.25) is 0 Å². The summed E-state index contributed by atoms with van der Waals surface area (Å²) in [5.41, 5.74) is 4.62. The Labute approximate surface area is 259 Å². The zero-order chi connectivity index (χ0) is 30.6. The lowest BCUT2D eigenvalue weighted by atomic mass is 9.96. The lowest BCUT2D eigenvalue weighted by Gasteiger charge is -2.10. The van der Waals surface area contributed by atoms with Gasteiger partial charge >= 0.3 is 5.97 Å². The van der Waals surface area contributed by atoms with Crippen molar-refractivity contribution in [1.82, 2.24) is 14.8 Å². The Balaban J connectivity index is 1.32. The van der Waals surface area contributed by atoms with E-state index in [9.17, 15) is 22.7 Å². The molecule has 11 heteroatoms. The van der Waals surface area contributed by atoms with E-state index in [1.165, 1.54) is 61.0 Å². The number of hydrogen-bond donors (Lipinski definition) is 2. The van der Waals surface area contributed by atoms with Crippen LogP contribution in [0.25, 0.3) is 16.4 Å². The van der Waals surface area contributed by atoms with Crippen LogP contribution >= 0.6 is 11.3 Å². The second kappa shape index (κ2) is 11.3. The highest BCUT2D eigenvalue weighted by Crippen LogP contribution is 2.54. The Bertz CT molecular complexity index is 1950. The fraction of sp³-hybridized carbons (Fsp3) is 0.364. The molecule has 0 radical (unpaired) electrons. The van der Waals surface area contributed by atoms with E-state index >= 15 is 0 Å². The van der Waals surface area contributed by atoms with Crippen LogP contribution in [0, 0.1) is 41.3 Å². The van der Waals surface area contributed by atoms with Gasteiger partial charge in [0.1, 0.15) is 10.7 Å². The van der Waals surface area contributed by atoms with Gasteiger partial charge in [0.15, 0.2) is 5.69 Å². The van der Waals surface area contributed by atoms with Gasteiger partial charge in [-0.05, 0) is 79.7 Å². The molecule has 3 aliphatic carbocycles. The first-order valence-electron chi connectivity index (χ1n) is 14.9. The molecule has 4 aromatic rings. The van der Waals surface area contributed by atoms with Gasteiger partial charge in [-0.15, -0.1) is 11.3 Å². The van der Waals surface area contributed by atoms with E-state index in [1.807, 2.05) is 24.3 Å². The number of carboxylic acid groups (broad SMARTS) is 1. The van der Waals surface area contributed by atoms with E-state index in [-0.39, 0.29) is 12.1 Å². The van der Waals surface area contributed by atoms with Gasteiger partial charge in [0, 0.05) is 34.4 Å². The van der Waals surface area contributed by atoms with Gasteiger partial charge in [-0.2, -0.15) is 5.10 Å². The molecule has 0 amide bonds. The minimum Gasteiger partial charge on any atom is -0.476 e. The van der Waals surface area contributed by atoms with Crippen LogP contribution in [0.4, 0.5) is 4.39 Å². The third-order valence-corrected chi connectivity index (χ3v) is 10.5. The van der Waals surface area contributed by atoms with Gasteiger partial charge in [-0.25, -0.2) is 32.4 Å². The molecule has 3 aliphatic rings. The molecule has 0 saturated heterocycles. The average Bonchev–Trinajstić information content (AvgIpc) is 3.89. The second-order valence-electron chi connectivity index (χ2n) is 12.2. The fourth-order valence-electron chi connectivity index (χ4n) is 5.96. The first-order chi connectivity index (χ1) is 21.1. The van der Waals surface area contributed by atoms with Crippen molar-refractivity contribution >= 4 is 27.3 Å². The van der Waals surface area contributed by atoms with Crippen molar-refractivity contribution in [3.05, 3.63) is 81.7 Å². The summed E-state index contributed by atoms with van der Waals surface area (Å²) in [5.74, 6) is 7.49. The number of carboxylic acids is 1. The maximum Gasteiger partial charge on any atom is 0.355 e. The standard InChI is InChI=1S/C33H31FN4O4S2/c34-27-16-21(8-13-30(27)44(35,41)42)15-26-29(12-7-19-4-5-19)38(33-36-28(18-43-33)32(39)40)37-31(26)24-3-1-2-20(14-24)6-9-23-17-25(23)22-10-11-22/h1-3,8,13-14,16,18-19,22-23,25H,4-5,7,10-12,15,17H2,(H,39,40)(H2,35,41,42). The van der Waals surface area contributed by atoms with Crippen molar-refractivity contribution in [3.63, 3.8) is 0 Å². The molecule has 0 spiro atoms. The monoisotopic (exact) mass is 630 g/mol. The van der Waals surface area contributed by atoms with Crippen molar-refractivity contribution in [3.8, 4) is 28.2 Å². The van der Waals surface area contributed by atoms with Crippen LogP contribution in [-0.2, 0) is 22.9 Å². The summed E-state index contributed by atoms with van der Waals surface area (Å²) in [4.78, 5) is 15.4. The number of nitrogens with two attached hydrogens (primary N) is 1. The molecule has 0 bridgehead atoms. The zero-order valence-electron chi connectivity index (χ0n) is 23.9. The summed E-state index contributed by atoms with van der Waals surface area (Å²) in [6, 6.07) is 11.9. The quantitative estimate of drug-likeness (QED) is 0.213. The Morgan fingerprint density at radius 2 is 1.98 bits per heavy atom. The van der Waals surface area contributed by atoms with Crippen LogP contribution in [0.5, 0.6) is 0 Å². The number of nitrogens with zero attached hydrogens (tertiary/aromatic N) is 3. The highest BCUT2D eigenvalue weighted by Gasteiger charge is 2.46. The van der Waals surface area contributed by atoms with Crippen molar-refractivity contribution in [2.75, 3.05) is 0 Å². The molecule has 2 heterocycles. The zero-order valence-corrected chi connectivity index (χ0v) is 25.5. The fourth-order valence-corrected chi connectivity index (χ4v) is 7.32. The van der Waals surface area contributed by atoms with Gasteiger partial charge in [0.25, 0.3) is 0 Å². The number of sulfonamides is 1. The van der Waals surface area contributed by atoms with Gasteiger partial charge in [0.05, 0.1) is 11.4 Å². The van der Waals surface area contributed by atoms with Crippen LogP contribution in [0.15, 0.2) is 52.7 Å². The number of rotatable bonds is 10. The minimum absolute atomic E-state index is 0.0563. The number of primary sulfonamides is 1. The number of hydrogen-bond acceptors (Lipinski definition) is 6. The molecule has 2 atom stereocenters. The number of benzene rings is 2. The summed E-state index contributed by atoms with van der Waals surface area (Å²) in [6.45, 7) is 0. The summed E-state index contributed by atoms with van der Waals surface area (Å²) >= 11 is 1.20. The lowest BCUT2D eigenvalue weighted by Crippen LogP contribution is -2.14. The molecule has 2 unspecified atom stereocenters. The van der Waals surface area contributed by atoms with Crippen molar-refractivity contribution in [2.45, 2.75) is 56.3 Å². The van der Waals surface area contributed by atoms with Crippen LogP contribution in [0.3, 0.4) is 0 Å². The van der Waals surface area contributed by atoms with Crippen molar-refractivity contribution < 1.29 is 22.7 Å². The topological polar surface area (TPSA) is 128 Å². The minimum atomic E-state index is -4.21. The number of halogens is 1. The number of thiazole rings is 1. The normalized spacial score (nSPS) is 19.4. The summed E-state index contributed by atoms with van der Waals surface area (Å²) < 4.78 is 40.3. The maximum atomic E-state index is 14.9. The van der Waals surface area contributed by atoms with Crippen LogP contribution in [0.1, 0.15) is 71.4 Å². The second-order valence-corrected chi connectivity index (χ2v) is 14.5.